The Morgan fingerprint density at radius 1 is 1.15 bits per heavy atom. The normalized spacial score (nSPS) is 12.2. The van der Waals surface area contributed by atoms with Crippen molar-refractivity contribution in [1.29, 1.82) is 0 Å². The minimum absolute atomic E-state index is 0.00934. The molecule has 0 aliphatic heterocycles. The van der Waals surface area contributed by atoms with E-state index in [0.29, 0.717) is 11.1 Å². The van der Waals surface area contributed by atoms with Gasteiger partial charge in [0.1, 0.15) is 5.82 Å². The van der Waals surface area contributed by atoms with Crippen LogP contribution in [0.1, 0.15) is 29.8 Å². The monoisotopic (exact) mass is 394 g/mol. The highest BCUT2D eigenvalue weighted by atomic mass is 32.2. The van der Waals surface area contributed by atoms with Gasteiger partial charge in [0.2, 0.25) is 0 Å². The van der Waals surface area contributed by atoms with Crippen LogP contribution in [0.25, 0.3) is 0 Å². The fraction of sp³-hybridized carbons (Fsp3) is 0.316. The molecule has 0 unspecified atom stereocenters. The molecule has 0 saturated heterocycles. The smallest absolute Gasteiger partial charge is 0.264 e. The van der Waals surface area contributed by atoms with Crippen molar-refractivity contribution in [3.8, 4) is 0 Å². The Labute approximate surface area is 159 Å². The van der Waals surface area contributed by atoms with E-state index in [2.05, 4.69) is 5.32 Å². The van der Waals surface area contributed by atoms with Gasteiger partial charge in [-0.15, -0.1) is 0 Å². The molecule has 0 aromatic heterocycles. The molecular formula is C19H23FN2O4S. The van der Waals surface area contributed by atoms with Gasteiger partial charge in [-0.05, 0) is 35.9 Å². The highest BCUT2D eigenvalue weighted by Gasteiger charge is 2.25. The van der Waals surface area contributed by atoms with Gasteiger partial charge in [0.15, 0.2) is 0 Å². The molecular weight excluding hydrogens is 371 g/mol. The summed E-state index contributed by atoms with van der Waals surface area (Å²) >= 11 is 0. The minimum atomic E-state index is -3.77. The van der Waals surface area contributed by atoms with E-state index in [1.54, 1.807) is 18.2 Å². The minimum Gasteiger partial charge on any atom is -0.351 e. The second-order valence-electron chi connectivity index (χ2n) is 6.67. The van der Waals surface area contributed by atoms with Crippen LogP contribution in [0.4, 0.5) is 4.39 Å². The molecule has 2 aromatic carbocycles. The van der Waals surface area contributed by atoms with Gasteiger partial charge in [-0.3, -0.25) is 9.63 Å². The van der Waals surface area contributed by atoms with E-state index in [9.17, 15) is 17.6 Å². The number of halogens is 1. The van der Waals surface area contributed by atoms with Crippen molar-refractivity contribution in [3.63, 3.8) is 0 Å². The molecule has 0 saturated carbocycles. The zero-order chi connectivity index (χ0) is 20.2. The molecule has 8 heteroatoms. The predicted octanol–water partition coefficient (Wildman–Crippen LogP) is 2.72. The highest BCUT2D eigenvalue weighted by Crippen LogP contribution is 2.25. The van der Waals surface area contributed by atoms with E-state index in [1.165, 1.54) is 44.5 Å². The number of benzene rings is 2. The van der Waals surface area contributed by atoms with Crippen LogP contribution >= 0.6 is 0 Å². The topological polar surface area (TPSA) is 75.7 Å². The lowest BCUT2D eigenvalue weighted by molar-refractivity contribution is -0.0258. The Balaban J connectivity index is 2.10. The summed E-state index contributed by atoms with van der Waals surface area (Å²) in [7, 11) is -1.24. The third-order valence-electron chi connectivity index (χ3n) is 4.30. The van der Waals surface area contributed by atoms with E-state index in [4.69, 9.17) is 4.84 Å². The first kappa shape index (κ1) is 21.0. The Morgan fingerprint density at radius 3 is 2.30 bits per heavy atom. The third kappa shape index (κ3) is 4.71. The Bertz CT molecular complexity index is 912. The lowest BCUT2D eigenvalue weighted by atomic mass is 9.84. The zero-order valence-electron chi connectivity index (χ0n) is 15.7. The highest BCUT2D eigenvalue weighted by molar-refractivity contribution is 7.89. The number of nitrogens with one attached hydrogen (secondary N) is 1. The summed E-state index contributed by atoms with van der Waals surface area (Å²) in [4.78, 5) is 17.1. The molecule has 0 heterocycles. The number of hydrogen-bond acceptors (Lipinski definition) is 4. The Morgan fingerprint density at radius 2 is 1.74 bits per heavy atom. The average Bonchev–Trinajstić information content (AvgIpc) is 2.65. The largest absolute Gasteiger partial charge is 0.351 e. The van der Waals surface area contributed by atoms with Crippen LogP contribution in [0, 0.1) is 5.82 Å². The molecule has 0 aliphatic rings. The number of sulfonamides is 1. The molecule has 0 radical (unpaired) electrons. The Kier molecular flexibility index (Phi) is 6.35. The molecule has 0 spiro atoms. The number of amides is 1. The van der Waals surface area contributed by atoms with Crippen LogP contribution in [-0.2, 0) is 20.3 Å². The van der Waals surface area contributed by atoms with E-state index in [0.717, 1.165) is 4.47 Å². The first-order valence-corrected chi connectivity index (χ1v) is 9.70. The zero-order valence-corrected chi connectivity index (χ0v) is 16.5. The second-order valence-corrected chi connectivity index (χ2v) is 8.60. The van der Waals surface area contributed by atoms with Gasteiger partial charge in [-0.25, -0.2) is 12.8 Å². The number of nitrogens with zero attached hydrogens (tertiary/aromatic N) is 1. The first-order valence-electron chi connectivity index (χ1n) is 8.26. The molecule has 0 bridgehead atoms. The van der Waals surface area contributed by atoms with Crippen LogP contribution in [-0.4, -0.2) is 39.5 Å². The molecule has 2 aromatic rings. The van der Waals surface area contributed by atoms with Gasteiger partial charge in [0.25, 0.3) is 15.9 Å². The quantitative estimate of drug-likeness (QED) is 0.733. The van der Waals surface area contributed by atoms with Gasteiger partial charge in [0, 0.05) is 24.6 Å². The van der Waals surface area contributed by atoms with Crippen molar-refractivity contribution in [3.05, 3.63) is 65.5 Å². The van der Waals surface area contributed by atoms with Crippen LogP contribution < -0.4 is 5.32 Å². The molecule has 1 amide bonds. The van der Waals surface area contributed by atoms with Crippen molar-refractivity contribution in [2.75, 3.05) is 20.7 Å². The number of carbonyl (C=O) groups excluding carboxylic acids is 1. The number of hydrogen-bond donors (Lipinski definition) is 1. The lowest BCUT2D eigenvalue weighted by Crippen LogP contribution is -2.37. The maximum absolute atomic E-state index is 14.0. The second kappa shape index (κ2) is 8.16. The summed E-state index contributed by atoms with van der Waals surface area (Å²) in [6.07, 6.45) is 0. The van der Waals surface area contributed by atoms with Crippen LogP contribution in [0.5, 0.6) is 0 Å². The summed E-state index contributed by atoms with van der Waals surface area (Å²) in [5.74, 6) is -0.697. The van der Waals surface area contributed by atoms with Crippen molar-refractivity contribution >= 4 is 15.9 Å². The number of rotatable bonds is 7. The molecule has 1 N–H and O–H groups in total. The van der Waals surface area contributed by atoms with Gasteiger partial charge in [0.05, 0.1) is 12.0 Å². The maximum Gasteiger partial charge on any atom is 0.264 e. The average molecular weight is 394 g/mol. The van der Waals surface area contributed by atoms with Gasteiger partial charge in [-0.1, -0.05) is 36.5 Å². The fourth-order valence-electron chi connectivity index (χ4n) is 2.53. The van der Waals surface area contributed by atoms with Gasteiger partial charge >= 0.3 is 0 Å². The summed E-state index contributed by atoms with van der Waals surface area (Å²) in [6, 6.07) is 11.9. The lowest BCUT2D eigenvalue weighted by Gasteiger charge is -2.26. The SMILES string of the molecule is CON(C)S(=O)(=O)c1ccc(C(=O)NCC(C)(C)c2ccccc2F)cc1. The van der Waals surface area contributed by atoms with Crippen LogP contribution in [0.2, 0.25) is 0 Å². The van der Waals surface area contributed by atoms with Crippen molar-refractivity contribution < 1.29 is 22.4 Å². The Hall–Kier alpha value is -2.29. The van der Waals surface area contributed by atoms with E-state index in [1.807, 2.05) is 13.8 Å². The molecule has 0 aliphatic carbocycles. The van der Waals surface area contributed by atoms with Crippen molar-refractivity contribution in [2.24, 2.45) is 0 Å². The fourth-order valence-corrected chi connectivity index (χ4v) is 3.51. The molecule has 0 atom stereocenters. The maximum atomic E-state index is 14.0. The van der Waals surface area contributed by atoms with Gasteiger partial charge in [-0.2, -0.15) is 0 Å². The van der Waals surface area contributed by atoms with Crippen LogP contribution in [0.3, 0.4) is 0 Å². The standard InChI is InChI=1S/C19H23FN2O4S/c1-19(2,16-7-5-6-8-17(16)20)13-21-18(23)14-9-11-15(12-10-14)27(24,25)22(3)26-4/h5-12H,13H2,1-4H3,(H,21,23). The summed E-state index contributed by atoms with van der Waals surface area (Å²) in [5, 5.41) is 2.77. The van der Waals surface area contributed by atoms with E-state index in [-0.39, 0.29) is 23.2 Å². The molecule has 146 valence electrons. The van der Waals surface area contributed by atoms with E-state index < -0.39 is 15.4 Å². The van der Waals surface area contributed by atoms with Gasteiger partial charge < -0.3 is 5.32 Å². The number of carbonyl (C=O) groups is 1. The van der Waals surface area contributed by atoms with Crippen molar-refractivity contribution in [2.45, 2.75) is 24.2 Å². The summed E-state index contributed by atoms with van der Waals surface area (Å²) < 4.78 is 39.0. The van der Waals surface area contributed by atoms with E-state index >= 15 is 0 Å². The molecule has 2 rings (SSSR count). The third-order valence-corrected chi connectivity index (χ3v) is 6.00. The number of hydroxylamine groups is 1. The summed E-state index contributed by atoms with van der Waals surface area (Å²) in [5.41, 5.74) is 0.207. The predicted molar refractivity (Wildman–Crippen MR) is 100 cm³/mol. The summed E-state index contributed by atoms with van der Waals surface area (Å²) in [6.45, 7) is 3.89. The molecule has 6 nitrogen and oxygen atoms in total. The molecule has 27 heavy (non-hydrogen) atoms. The van der Waals surface area contributed by atoms with Crippen LogP contribution in [0.15, 0.2) is 53.4 Å². The van der Waals surface area contributed by atoms with Crippen molar-refractivity contribution in [1.82, 2.24) is 9.79 Å². The first-order chi connectivity index (χ1) is 12.6. The molecule has 0 fully saturated rings.